The van der Waals surface area contributed by atoms with Crippen LogP contribution >= 0.6 is 0 Å². The van der Waals surface area contributed by atoms with Crippen LogP contribution in [0.15, 0.2) is 53.4 Å². The molecule has 0 atom stereocenters. The molecule has 0 aliphatic heterocycles. The molecule has 2 rings (SSSR count). The first-order valence-electron chi connectivity index (χ1n) is 8.39. The van der Waals surface area contributed by atoms with Gasteiger partial charge in [0.2, 0.25) is 15.9 Å². The van der Waals surface area contributed by atoms with E-state index in [0.29, 0.717) is 13.0 Å². The number of halogens is 1. The zero-order chi connectivity index (χ0) is 19.2. The number of benzene rings is 2. The second-order valence-electron chi connectivity index (χ2n) is 6.32. The molecular formula is C19H23FN2O3S. The van der Waals surface area contributed by atoms with E-state index in [1.807, 2.05) is 0 Å². The first-order valence-corrected chi connectivity index (χ1v) is 9.87. The minimum absolute atomic E-state index is 0.118. The van der Waals surface area contributed by atoms with Crippen molar-refractivity contribution in [3.63, 3.8) is 0 Å². The molecule has 5 nitrogen and oxygen atoms in total. The van der Waals surface area contributed by atoms with Gasteiger partial charge in [0.15, 0.2) is 0 Å². The van der Waals surface area contributed by atoms with Crippen LogP contribution in [0.1, 0.15) is 31.4 Å². The number of nitrogens with one attached hydrogen (secondary N) is 2. The van der Waals surface area contributed by atoms with Crippen molar-refractivity contribution in [1.29, 1.82) is 0 Å². The van der Waals surface area contributed by atoms with Gasteiger partial charge in [-0.25, -0.2) is 17.5 Å². The molecule has 0 aliphatic rings. The molecule has 0 saturated heterocycles. The van der Waals surface area contributed by atoms with Gasteiger partial charge in [-0.1, -0.05) is 24.3 Å². The van der Waals surface area contributed by atoms with Crippen molar-refractivity contribution in [2.45, 2.75) is 44.2 Å². The summed E-state index contributed by atoms with van der Waals surface area (Å²) in [6, 6.07) is 12.3. The first-order chi connectivity index (χ1) is 12.3. The molecule has 0 spiro atoms. The van der Waals surface area contributed by atoms with E-state index in [4.69, 9.17) is 0 Å². The van der Waals surface area contributed by atoms with Crippen LogP contribution in [0.2, 0.25) is 0 Å². The molecule has 0 unspecified atom stereocenters. The largest absolute Gasteiger partial charge is 0.352 e. The standard InChI is InChI=1S/C19H23FN2O3S/c1-14(2)22-26(24,25)18-10-5-15(6-11-18)7-12-19(23)21-13-16-3-8-17(20)9-4-16/h3-6,8-11,14,22H,7,12-13H2,1-2H3,(H,21,23). The first kappa shape index (κ1) is 20.1. The fourth-order valence-electron chi connectivity index (χ4n) is 2.36. The average molecular weight is 378 g/mol. The highest BCUT2D eigenvalue weighted by molar-refractivity contribution is 7.89. The van der Waals surface area contributed by atoms with Crippen LogP contribution in [0.4, 0.5) is 4.39 Å². The summed E-state index contributed by atoms with van der Waals surface area (Å²) in [6.07, 6.45) is 0.796. The molecule has 0 bridgehead atoms. The smallest absolute Gasteiger partial charge is 0.240 e. The minimum atomic E-state index is -3.51. The van der Waals surface area contributed by atoms with E-state index in [2.05, 4.69) is 10.0 Å². The molecule has 26 heavy (non-hydrogen) atoms. The summed E-state index contributed by atoms with van der Waals surface area (Å²) in [5.41, 5.74) is 1.71. The highest BCUT2D eigenvalue weighted by Crippen LogP contribution is 2.12. The molecule has 0 fully saturated rings. The summed E-state index contributed by atoms with van der Waals surface area (Å²) in [6.45, 7) is 3.87. The Morgan fingerprint density at radius 1 is 1.00 bits per heavy atom. The van der Waals surface area contributed by atoms with E-state index in [-0.39, 0.29) is 29.1 Å². The summed E-state index contributed by atoms with van der Waals surface area (Å²) < 4.78 is 39.5. The molecule has 1 amide bonds. The Morgan fingerprint density at radius 3 is 2.15 bits per heavy atom. The SMILES string of the molecule is CC(C)NS(=O)(=O)c1ccc(CCC(=O)NCc2ccc(F)cc2)cc1. The van der Waals surface area contributed by atoms with Crippen molar-refractivity contribution in [3.8, 4) is 0 Å². The van der Waals surface area contributed by atoms with Crippen molar-refractivity contribution in [3.05, 3.63) is 65.5 Å². The maximum Gasteiger partial charge on any atom is 0.240 e. The number of hydrogen-bond acceptors (Lipinski definition) is 3. The molecule has 7 heteroatoms. The molecular weight excluding hydrogens is 355 g/mol. The van der Waals surface area contributed by atoms with Crippen molar-refractivity contribution >= 4 is 15.9 Å². The molecule has 0 saturated carbocycles. The second-order valence-corrected chi connectivity index (χ2v) is 8.04. The molecule has 140 valence electrons. The van der Waals surface area contributed by atoms with Crippen molar-refractivity contribution in [2.75, 3.05) is 0 Å². The monoisotopic (exact) mass is 378 g/mol. The Kier molecular flexibility index (Phi) is 6.88. The quantitative estimate of drug-likeness (QED) is 0.742. The van der Waals surface area contributed by atoms with E-state index in [1.165, 1.54) is 24.3 Å². The molecule has 0 aromatic heterocycles. The average Bonchev–Trinajstić information content (AvgIpc) is 2.59. The molecule has 2 N–H and O–H groups in total. The maximum absolute atomic E-state index is 12.8. The van der Waals surface area contributed by atoms with Crippen LogP contribution in [0.3, 0.4) is 0 Å². The highest BCUT2D eigenvalue weighted by Gasteiger charge is 2.14. The third-order valence-electron chi connectivity index (χ3n) is 3.67. The number of aryl methyl sites for hydroxylation is 1. The van der Waals surface area contributed by atoms with Crippen LogP contribution in [0.5, 0.6) is 0 Å². The predicted octanol–water partition coefficient (Wildman–Crippen LogP) is 2.76. The third kappa shape index (κ3) is 6.24. The third-order valence-corrected chi connectivity index (χ3v) is 5.34. The fraction of sp³-hybridized carbons (Fsp3) is 0.316. The van der Waals surface area contributed by atoms with Crippen LogP contribution in [-0.4, -0.2) is 20.4 Å². The van der Waals surface area contributed by atoms with E-state index in [1.54, 1.807) is 38.1 Å². The lowest BCUT2D eigenvalue weighted by Gasteiger charge is -2.10. The van der Waals surface area contributed by atoms with E-state index < -0.39 is 10.0 Å². The van der Waals surface area contributed by atoms with Gasteiger partial charge >= 0.3 is 0 Å². The topological polar surface area (TPSA) is 75.3 Å². The van der Waals surface area contributed by atoms with E-state index in [9.17, 15) is 17.6 Å². The summed E-state index contributed by atoms with van der Waals surface area (Å²) >= 11 is 0. The molecule has 2 aromatic carbocycles. The summed E-state index contributed by atoms with van der Waals surface area (Å²) in [4.78, 5) is 12.1. The Labute approximate surface area is 153 Å². The van der Waals surface area contributed by atoms with Crippen molar-refractivity contribution in [1.82, 2.24) is 10.0 Å². The molecule has 2 aromatic rings. The molecule has 0 radical (unpaired) electrons. The zero-order valence-corrected chi connectivity index (χ0v) is 15.6. The van der Waals surface area contributed by atoms with Crippen LogP contribution < -0.4 is 10.0 Å². The van der Waals surface area contributed by atoms with Gasteiger partial charge in [0.25, 0.3) is 0 Å². The maximum atomic E-state index is 12.8. The Balaban J connectivity index is 1.83. The lowest BCUT2D eigenvalue weighted by atomic mass is 10.1. The van der Waals surface area contributed by atoms with Crippen LogP contribution in [-0.2, 0) is 27.8 Å². The fourth-order valence-corrected chi connectivity index (χ4v) is 3.61. The number of hydrogen-bond donors (Lipinski definition) is 2. The number of rotatable bonds is 8. The number of amides is 1. The molecule has 0 heterocycles. The van der Waals surface area contributed by atoms with E-state index >= 15 is 0 Å². The van der Waals surface area contributed by atoms with Crippen molar-refractivity contribution < 1.29 is 17.6 Å². The summed E-state index contributed by atoms with van der Waals surface area (Å²) in [5, 5.41) is 2.78. The van der Waals surface area contributed by atoms with Gasteiger partial charge in [-0.3, -0.25) is 4.79 Å². The van der Waals surface area contributed by atoms with Gasteiger partial charge in [0.1, 0.15) is 5.82 Å². The second kappa shape index (κ2) is 8.91. The zero-order valence-electron chi connectivity index (χ0n) is 14.8. The summed E-state index contributed by atoms with van der Waals surface area (Å²) in [5.74, 6) is -0.429. The van der Waals surface area contributed by atoms with Gasteiger partial charge in [0.05, 0.1) is 4.90 Å². The molecule has 0 aliphatic carbocycles. The Hall–Kier alpha value is -2.25. The van der Waals surface area contributed by atoms with Gasteiger partial charge in [-0.2, -0.15) is 0 Å². The lowest BCUT2D eigenvalue weighted by Crippen LogP contribution is -2.30. The van der Waals surface area contributed by atoms with Gasteiger partial charge < -0.3 is 5.32 Å². The number of carbonyl (C=O) groups is 1. The van der Waals surface area contributed by atoms with Crippen molar-refractivity contribution in [2.24, 2.45) is 0 Å². The lowest BCUT2D eigenvalue weighted by molar-refractivity contribution is -0.121. The van der Waals surface area contributed by atoms with Crippen LogP contribution in [0, 0.1) is 5.82 Å². The predicted molar refractivity (Wildman–Crippen MR) is 98.5 cm³/mol. The van der Waals surface area contributed by atoms with E-state index in [0.717, 1.165) is 11.1 Å². The minimum Gasteiger partial charge on any atom is -0.352 e. The number of sulfonamides is 1. The highest BCUT2D eigenvalue weighted by atomic mass is 32.2. The normalized spacial score (nSPS) is 11.5. The van der Waals surface area contributed by atoms with Gasteiger partial charge in [-0.05, 0) is 55.7 Å². The number of carbonyl (C=O) groups excluding carboxylic acids is 1. The summed E-state index contributed by atoms with van der Waals surface area (Å²) in [7, 11) is -3.51. The van der Waals surface area contributed by atoms with Crippen LogP contribution in [0.25, 0.3) is 0 Å². The Bertz CT molecular complexity index is 832. The Morgan fingerprint density at radius 2 is 1.58 bits per heavy atom. The van der Waals surface area contributed by atoms with Gasteiger partial charge in [-0.15, -0.1) is 0 Å². The van der Waals surface area contributed by atoms with Gasteiger partial charge in [0, 0.05) is 19.0 Å².